The molecule has 0 unspecified atom stereocenters. The minimum atomic E-state index is -0.832. The number of non-ortho nitro benzene ring substituents is 1. The number of hydrogen-bond acceptors (Lipinski definition) is 13. The first-order valence-corrected chi connectivity index (χ1v) is 14.6. The molecule has 3 amide bonds. The molecule has 1 heterocycles. The monoisotopic (exact) mass is 742 g/mol. The molecule has 256 valence electrons. The SMILES string of the molecule is COC(=O)C1=C(C)NC(=O)N[C@@H]1c1ccc(OCC(=O)N/N=C\c2cc(Br)c(Oc3ccc([N+](=O)[O-])cc3[N+](=O)[O-])c(OC)c2)c(OC)c1. The lowest BCUT2D eigenvalue weighted by atomic mass is 9.95. The summed E-state index contributed by atoms with van der Waals surface area (Å²) in [4.78, 5) is 58.0. The smallest absolute Gasteiger partial charge is 0.337 e. The summed E-state index contributed by atoms with van der Waals surface area (Å²) in [5.41, 5.74) is 2.68. The van der Waals surface area contributed by atoms with Crippen molar-refractivity contribution < 1.29 is 47.9 Å². The van der Waals surface area contributed by atoms with Gasteiger partial charge in [0.2, 0.25) is 5.75 Å². The molecule has 0 spiro atoms. The highest BCUT2D eigenvalue weighted by atomic mass is 79.9. The third-order valence-corrected chi connectivity index (χ3v) is 7.36. The number of hydrogen-bond donors (Lipinski definition) is 3. The lowest BCUT2D eigenvalue weighted by molar-refractivity contribution is -0.394. The molecule has 3 aromatic carbocycles. The Labute approximate surface area is 285 Å². The number of nitro benzene ring substituents is 2. The molecule has 0 aliphatic carbocycles. The summed E-state index contributed by atoms with van der Waals surface area (Å²) >= 11 is 3.32. The molecule has 0 bridgehead atoms. The second-order valence-electron chi connectivity index (χ2n) is 9.86. The number of nitrogens with zero attached hydrogens (tertiary/aromatic N) is 3. The summed E-state index contributed by atoms with van der Waals surface area (Å²) in [5, 5.41) is 31.7. The fraction of sp³-hybridized carbons (Fsp3) is 0.200. The van der Waals surface area contributed by atoms with Gasteiger partial charge in [-0.15, -0.1) is 0 Å². The number of hydrazone groups is 1. The third kappa shape index (κ3) is 8.38. The van der Waals surface area contributed by atoms with Gasteiger partial charge < -0.3 is 34.3 Å². The number of allylic oxidation sites excluding steroid dienone is 1. The fourth-order valence-corrected chi connectivity index (χ4v) is 5.07. The van der Waals surface area contributed by atoms with Gasteiger partial charge in [-0.25, -0.2) is 15.0 Å². The van der Waals surface area contributed by atoms with Crippen LogP contribution in [0.15, 0.2) is 69.4 Å². The molecule has 4 rings (SSSR count). The van der Waals surface area contributed by atoms with E-state index in [-0.39, 0.29) is 34.3 Å². The zero-order chi connectivity index (χ0) is 35.8. The lowest BCUT2D eigenvalue weighted by Crippen LogP contribution is -2.45. The zero-order valence-corrected chi connectivity index (χ0v) is 27.7. The first-order chi connectivity index (χ1) is 23.4. The Morgan fingerprint density at radius 2 is 1.69 bits per heavy atom. The van der Waals surface area contributed by atoms with Gasteiger partial charge in [0.25, 0.3) is 11.6 Å². The molecular formula is C30H27BrN6O12. The standard InChI is InChI=1S/C30H27BrN6O12/c1-15-26(29(39)47-4)27(34-30(40)33-15)17-5-7-22(23(11-17)45-2)48-14-25(38)35-32-13-16-9-19(31)28(24(10-16)46-3)49-21-8-6-18(36(41)42)12-20(21)37(43)44/h5-13,27H,14H2,1-4H3,(H,35,38)(H2,33,34,40)/b32-13-/t27-/m1/s1. The van der Waals surface area contributed by atoms with Gasteiger partial charge >= 0.3 is 17.7 Å². The van der Waals surface area contributed by atoms with Crippen molar-refractivity contribution in [3.8, 4) is 28.7 Å². The normalized spacial score (nSPS) is 14.0. The maximum absolute atomic E-state index is 12.5. The van der Waals surface area contributed by atoms with E-state index in [9.17, 15) is 34.6 Å². The summed E-state index contributed by atoms with van der Waals surface area (Å²) in [6.07, 6.45) is 1.29. The first-order valence-electron chi connectivity index (χ1n) is 13.8. The Kier molecular flexibility index (Phi) is 11.3. The van der Waals surface area contributed by atoms with Gasteiger partial charge in [-0.3, -0.25) is 25.0 Å². The topological polar surface area (TPSA) is 232 Å². The molecule has 1 aliphatic rings. The number of esters is 1. The van der Waals surface area contributed by atoms with E-state index < -0.39 is 51.8 Å². The van der Waals surface area contributed by atoms with Gasteiger partial charge in [0.05, 0.1) is 59.5 Å². The number of nitro groups is 2. The van der Waals surface area contributed by atoms with Crippen molar-refractivity contribution in [2.45, 2.75) is 13.0 Å². The fourth-order valence-electron chi connectivity index (χ4n) is 4.53. The largest absolute Gasteiger partial charge is 0.493 e. The highest BCUT2D eigenvalue weighted by Gasteiger charge is 2.32. The highest BCUT2D eigenvalue weighted by molar-refractivity contribution is 9.10. The van der Waals surface area contributed by atoms with Gasteiger partial charge in [0.15, 0.2) is 29.6 Å². The number of rotatable bonds is 13. The van der Waals surface area contributed by atoms with Crippen molar-refractivity contribution in [2.24, 2.45) is 5.10 Å². The van der Waals surface area contributed by atoms with Crippen LogP contribution in [0.1, 0.15) is 24.1 Å². The second-order valence-corrected chi connectivity index (χ2v) is 10.7. The minimum Gasteiger partial charge on any atom is -0.493 e. The summed E-state index contributed by atoms with van der Waals surface area (Å²) in [6.45, 7) is 1.12. The Hall–Kier alpha value is -6.24. The van der Waals surface area contributed by atoms with Crippen molar-refractivity contribution >= 4 is 51.4 Å². The van der Waals surface area contributed by atoms with Crippen molar-refractivity contribution in [1.82, 2.24) is 16.1 Å². The van der Waals surface area contributed by atoms with E-state index in [0.717, 1.165) is 18.2 Å². The van der Waals surface area contributed by atoms with Gasteiger partial charge in [-0.05, 0) is 64.3 Å². The maximum atomic E-state index is 12.5. The molecule has 0 aromatic heterocycles. The minimum absolute atomic E-state index is 0.0456. The molecule has 0 saturated carbocycles. The van der Waals surface area contributed by atoms with Crippen LogP contribution >= 0.6 is 15.9 Å². The number of carbonyl (C=O) groups excluding carboxylic acids is 3. The van der Waals surface area contributed by atoms with Gasteiger partial charge in [0, 0.05) is 11.8 Å². The summed E-state index contributed by atoms with van der Waals surface area (Å²) < 4.78 is 27.2. The molecule has 3 N–H and O–H groups in total. The van der Waals surface area contributed by atoms with Crippen LogP contribution in [0.4, 0.5) is 16.2 Å². The number of amides is 3. The van der Waals surface area contributed by atoms with E-state index in [4.69, 9.17) is 23.7 Å². The van der Waals surface area contributed by atoms with Crippen molar-refractivity contribution in [2.75, 3.05) is 27.9 Å². The van der Waals surface area contributed by atoms with Crippen molar-refractivity contribution in [3.63, 3.8) is 0 Å². The molecule has 1 atom stereocenters. The molecule has 19 heteroatoms. The third-order valence-electron chi connectivity index (χ3n) is 6.77. The van der Waals surface area contributed by atoms with Crippen LogP contribution in [0.3, 0.4) is 0 Å². The van der Waals surface area contributed by atoms with Crippen molar-refractivity contribution in [1.29, 1.82) is 0 Å². The Bertz CT molecular complexity index is 1900. The molecule has 3 aromatic rings. The average molecular weight is 743 g/mol. The summed E-state index contributed by atoms with van der Waals surface area (Å²) in [7, 11) is 3.95. The van der Waals surface area contributed by atoms with E-state index in [1.807, 2.05) is 0 Å². The van der Waals surface area contributed by atoms with Crippen LogP contribution in [0.2, 0.25) is 0 Å². The molecule has 0 saturated heterocycles. The average Bonchev–Trinajstić information content (AvgIpc) is 3.07. The number of carbonyl (C=O) groups is 3. The molecule has 1 aliphatic heterocycles. The van der Waals surface area contributed by atoms with Crippen LogP contribution in [0.25, 0.3) is 0 Å². The summed E-state index contributed by atoms with van der Waals surface area (Å²) in [5.74, 6) is -0.923. The highest BCUT2D eigenvalue weighted by Crippen LogP contribution is 2.42. The van der Waals surface area contributed by atoms with E-state index >= 15 is 0 Å². The molecule has 0 fully saturated rings. The zero-order valence-electron chi connectivity index (χ0n) is 26.1. The van der Waals surface area contributed by atoms with E-state index in [1.54, 1.807) is 19.1 Å². The van der Waals surface area contributed by atoms with Crippen LogP contribution in [-0.4, -0.2) is 61.9 Å². The quantitative estimate of drug-likeness (QED) is 0.0957. The molecule has 18 nitrogen and oxygen atoms in total. The number of nitrogens with one attached hydrogen (secondary N) is 3. The molecular weight excluding hydrogens is 716 g/mol. The van der Waals surface area contributed by atoms with Crippen LogP contribution < -0.4 is 35.0 Å². The summed E-state index contributed by atoms with van der Waals surface area (Å²) in [6, 6.07) is 9.28. The second kappa shape index (κ2) is 15.6. The van der Waals surface area contributed by atoms with Crippen LogP contribution in [-0.2, 0) is 14.3 Å². The Morgan fingerprint density at radius 1 is 0.980 bits per heavy atom. The van der Waals surface area contributed by atoms with Crippen LogP contribution in [0, 0.1) is 20.2 Å². The number of methoxy groups -OCH3 is 3. The number of ether oxygens (including phenoxy) is 5. The van der Waals surface area contributed by atoms with E-state index in [0.29, 0.717) is 21.3 Å². The number of halogens is 1. The van der Waals surface area contributed by atoms with Gasteiger partial charge in [-0.1, -0.05) is 6.07 Å². The lowest BCUT2D eigenvalue weighted by Gasteiger charge is -2.28. The van der Waals surface area contributed by atoms with E-state index in [1.165, 1.54) is 45.7 Å². The maximum Gasteiger partial charge on any atom is 0.337 e. The number of urea groups is 1. The Morgan fingerprint density at radius 3 is 2.35 bits per heavy atom. The van der Waals surface area contributed by atoms with Gasteiger partial charge in [0.1, 0.15) is 0 Å². The molecule has 0 radical (unpaired) electrons. The first kappa shape index (κ1) is 35.6. The predicted octanol–water partition coefficient (Wildman–Crippen LogP) is 4.41. The van der Waals surface area contributed by atoms with Crippen molar-refractivity contribution in [3.05, 3.63) is 95.6 Å². The predicted molar refractivity (Wildman–Crippen MR) is 174 cm³/mol. The Balaban J connectivity index is 1.42. The van der Waals surface area contributed by atoms with E-state index in [2.05, 4.69) is 37.1 Å². The van der Waals surface area contributed by atoms with Gasteiger partial charge in [-0.2, -0.15) is 5.10 Å². The number of benzene rings is 3. The van der Waals surface area contributed by atoms with Crippen LogP contribution in [0.5, 0.6) is 28.7 Å². The molecule has 49 heavy (non-hydrogen) atoms.